The molecule has 0 saturated heterocycles. The Balaban J connectivity index is 3.16. The highest BCUT2D eigenvalue weighted by molar-refractivity contribution is 5.79. The van der Waals surface area contributed by atoms with Gasteiger partial charge in [-0.3, -0.25) is 20.2 Å². The van der Waals surface area contributed by atoms with E-state index in [4.69, 9.17) is 5.11 Å². The summed E-state index contributed by atoms with van der Waals surface area (Å²) in [7, 11) is 0. The lowest BCUT2D eigenvalue weighted by Crippen LogP contribution is -2.28. The minimum atomic E-state index is -1.16. The van der Waals surface area contributed by atoms with Crippen LogP contribution >= 0.6 is 0 Å². The molecule has 0 aliphatic carbocycles. The van der Waals surface area contributed by atoms with E-state index < -0.39 is 33.2 Å². The second kappa shape index (κ2) is 5.76. The van der Waals surface area contributed by atoms with Gasteiger partial charge in [0.1, 0.15) is 11.7 Å². The average Bonchev–Trinajstić information content (AvgIpc) is 2.35. The van der Waals surface area contributed by atoms with Crippen LogP contribution in [0.1, 0.15) is 13.3 Å². The number of hydrogen-bond donors (Lipinski definition) is 2. The number of carboxylic acid groups (broad SMARTS) is 1. The highest BCUT2D eigenvalue weighted by Gasteiger charge is 2.23. The molecule has 0 aromatic heterocycles. The number of benzene rings is 1. The fourth-order valence-corrected chi connectivity index (χ4v) is 1.43. The number of nitrogens with one attached hydrogen (secondary N) is 1. The van der Waals surface area contributed by atoms with Crippen molar-refractivity contribution >= 4 is 23.0 Å². The molecular formula is C10H11N3O6. The van der Waals surface area contributed by atoms with Crippen LogP contribution in [0.5, 0.6) is 0 Å². The molecule has 1 atom stereocenters. The first-order chi connectivity index (χ1) is 8.86. The normalized spacial score (nSPS) is 11.6. The maximum Gasteiger partial charge on any atom is 0.326 e. The van der Waals surface area contributed by atoms with Crippen LogP contribution in [0, 0.1) is 20.2 Å². The standard InChI is InChI=1S/C10H11N3O6/c1-2-7(10(14)15)11-8-4-3-6(12(16)17)5-9(8)13(18)19/h3-5,7,11H,2H2,1H3,(H,14,15)/t7-/m1/s1. The summed E-state index contributed by atoms with van der Waals surface area (Å²) in [4.78, 5) is 30.7. The second-order valence-corrected chi connectivity index (χ2v) is 3.66. The first kappa shape index (κ1) is 14.4. The average molecular weight is 269 g/mol. The van der Waals surface area contributed by atoms with Crippen molar-refractivity contribution in [2.24, 2.45) is 0 Å². The van der Waals surface area contributed by atoms with Gasteiger partial charge in [0.15, 0.2) is 0 Å². The lowest BCUT2D eigenvalue weighted by Gasteiger charge is -2.13. The summed E-state index contributed by atoms with van der Waals surface area (Å²) >= 11 is 0. The highest BCUT2D eigenvalue weighted by atomic mass is 16.6. The molecule has 19 heavy (non-hydrogen) atoms. The lowest BCUT2D eigenvalue weighted by atomic mass is 10.2. The number of aliphatic carboxylic acids is 1. The van der Waals surface area contributed by atoms with Crippen LogP contribution in [0.2, 0.25) is 0 Å². The van der Waals surface area contributed by atoms with Crippen molar-refractivity contribution in [3.05, 3.63) is 38.4 Å². The van der Waals surface area contributed by atoms with Crippen LogP contribution in [0.25, 0.3) is 0 Å². The maximum atomic E-state index is 10.9. The molecule has 2 N–H and O–H groups in total. The molecule has 0 bridgehead atoms. The lowest BCUT2D eigenvalue weighted by molar-refractivity contribution is -0.393. The molecule has 9 nitrogen and oxygen atoms in total. The molecule has 102 valence electrons. The van der Waals surface area contributed by atoms with Crippen molar-refractivity contribution in [3.8, 4) is 0 Å². The van der Waals surface area contributed by atoms with Crippen LogP contribution in [0.4, 0.5) is 17.1 Å². The van der Waals surface area contributed by atoms with Gasteiger partial charge in [-0.15, -0.1) is 0 Å². The molecule has 0 saturated carbocycles. The zero-order valence-electron chi connectivity index (χ0n) is 9.90. The molecule has 0 unspecified atom stereocenters. The Bertz CT molecular complexity index is 530. The fraction of sp³-hybridized carbons (Fsp3) is 0.300. The number of nitrogens with zero attached hydrogens (tertiary/aromatic N) is 2. The number of hydrogen-bond acceptors (Lipinski definition) is 6. The Kier molecular flexibility index (Phi) is 4.35. The van der Waals surface area contributed by atoms with E-state index in [2.05, 4.69) is 5.32 Å². The van der Waals surface area contributed by atoms with Gasteiger partial charge in [-0.2, -0.15) is 0 Å². The number of nitro benzene ring substituents is 2. The van der Waals surface area contributed by atoms with Gasteiger partial charge >= 0.3 is 5.97 Å². The third kappa shape index (κ3) is 3.37. The van der Waals surface area contributed by atoms with Gasteiger partial charge in [0.2, 0.25) is 0 Å². The van der Waals surface area contributed by atoms with E-state index in [1.54, 1.807) is 6.92 Å². The zero-order valence-corrected chi connectivity index (χ0v) is 9.90. The van der Waals surface area contributed by atoms with Crippen LogP contribution in [0.3, 0.4) is 0 Å². The molecular weight excluding hydrogens is 258 g/mol. The second-order valence-electron chi connectivity index (χ2n) is 3.66. The molecule has 1 aromatic carbocycles. The van der Waals surface area contributed by atoms with Gasteiger partial charge in [0.05, 0.1) is 15.9 Å². The Morgan fingerprint density at radius 2 is 2.00 bits per heavy atom. The Labute approximate surface area is 107 Å². The molecule has 1 rings (SSSR count). The maximum absolute atomic E-state index is 10.9. The minimum absolute atomic E-state index is 0.0650. The molecule has 0 aliphatic rings. The topological polar surface area (TPSA) is 136 Å². The van der Waals surface area contributed by atoms with Gasteiger partial charge in [-0.05, 0) is 12.5 Å². The summed E-state index contributed by atoms with van der Waals surface area (Å²) in [5, 5.41) is 32.7. The van der Waals surface area contributed by atoms with Crippen LogP contribution in [0.15, 0.2) is 18.2 Å². The number of rotatable bonds is 6. The summed E-state index contributed by atoms with van der Waals surface area (Å²) in [6.07, 6.45) is 0.212. The Morgan fingerprint density at radius 1 is 1.37 bits per heavy atom. The molecule has 9 heteroatoms. The minimum Gasteiger partial charge on any atom is -0.480 e. The Hall–Kier alpha value is -2.71. The fourth-order valence-electron chi connectivity index (χ4n) is 1.43. The molecule has 0 spiro atoms. The molecule has 0 aliphatic heterocycles. The number of carbonyl (C=O) groups is 1. The van der Waals surface area contributed by atoms with E-state index in [1.165, 1.54) is 0 Å². The van der Waals surface area contributed by atoms with E-state index in [0.717, 1.165) is 18.2 Å². The molecule has 0 fully saturated rings. The third-order valence-corrected chi connectivity index (χ3v) is 2.42. The summed E-state index contributed by atoms with van der Waals surface area (Å²) < 4.78 is 0. The summed E-state index contributed by atoms with van der Waals surface area (Å²) in [5.74, 6) is -1.16. The van der Waals surface area contributed by atoms with Crippen molar-refractivity contribution in [1.82, 2.24) is 0 Å². The monoisotopic (exact) mass is 269 g/mol. The van der Waals surface area contributed by atoms with Gasteiger partial charge < -0.3 is 10.4 Å². The summed E-state index contributed by atoms with van der Waals surface area (Å²) in [5.41, 5.74) is -1.03. The van der Waals surface area contributed by atoms with Crippen LogP contribution in [-0.2, 0) is 4.79 Å². The number of non-ortho nitro benzene ring substituents is 1. The van der Waals surface area contributed by atoms with Crippen molar-refractivity contribution in [2.45, 2.75) is 19.4 Å². The predicted octanol–water partition coefficient (Wildman–Crippen LogP) is 1.78. The van der Waals surface area contributed by atoms with Gasteiger partial charge in [0, 0.05) is 6.07 Å². The predicted molar refractivity (Wildman–Crippen MR) is 65.1 cm³/mol. The third-order valence-electron chi connectivity index (χ3n) is 2.42. The number of nitro groups is 2. The van der Waals surface area contributed by atoms with Gasteiger partial charge in [-0.1, -0.05) is 6.92 Å². The van der Waals surface area contributed by atoms with Crippen LogP contribution < -0.4 is 5.32 Å². The SMILES string of the molecule is CC[C@@H](Nc1ccc([N+](=O)[O-])cc1[N+](=O)[O-])C(=O)O. The van der Waals surface area contributed by atoms with Crippen molar-refractivity contribution in [2.75, 3.05) is 5.32 Å². The first-order valence-corrected chi connectivity index (χ1v) is 5.29. The molecule has 0 amide bonds. The van der Waals surface area contributed by atoms with Crippen LogP contribution in [-0.4, -0.2) is 27.0 Å². The van der Waals surface area contributed by atoms with Gasteiger partial charge in [-0.25, -0.2) is 4.79 Å². The zero-order chi connectivity index (χ0) is 14.6. The highest BCUT2D eigenvalue weighted by Crippen LogP contribution is 2.29. The van der Waals surface area contributed by atoms with E-state index in [1.807, 2.05) is 0 Å². The molecule has 0 radical (unpaired) electrons. The number of anilines is 1. The molecule has 1 aromatic rings. The quantitative estimate of drug-likeness (QED) is 0.593. The van der Waals surface area contributed by atoms with E-state index in [-0.39, 0.29) is 12.1 Å². The molecule has 0 heterocycles. The van der Waals surface area contributed by atoms with Crippen molar-refractivity contribution in [1.29, 1.82) is 0 Å². The van der Waals surface area contributed by atoms with Gasteiger partial charge in [0.25, 0.3) is 11.4 Å². The summed E-state index contributed by atoms with van der Waals surface area (Å²) in [6, 6.07) is 1.99. The van der Waals surface area contributed by atoms with E-state index in [9.17, 15) is 25.0 Å². The Morgan fingerprint density at radius 3 is 2.42 bits per heavy atom. The van der Waals surface area contributed by atoms with Crippen molar-refractivity contribution in [3.63, 3.8) is 0 Å². The first-order valence-electron chi connectivity index (χ1n) is 5.29. The smallest absolute Gasteiger partial charge is 0.326 e. The summed E-state index contributed by atoms with van der Waals surface area (Å²) in [6.45, 7) is 1.60. The van der Waals surface area contributed by atoms with E-state index >= 15 is 0 Å². The number of carboxylic acids is 1. The largest absolute Gasteiger partial charge is 0.480 e. The van der Waals surface area contributed by atoms with Crippen molar-refractivity contribution < 1.29 is 19.7 Å². The van der Waals surface area contributed by atoms with E-state index in [0.29, 0.717) is 0 Å².